The highest BCUT2D eigenvalue weighted by Gasteiger charge is 2.28. The predicted molar refractivity (Wildman–Crippen MR) is 112 cm³/mol. The lowest BCUT2D eigenvalue weighted by Crippen LogP contribution is -2.27. The standard InChI is InChI=1S/C23H19F2N5O/c1-15(14-29-22-8-16(12-26)3-4-17(22)13-28-29)2-5-23(31)30-21(6-7-27-30)18-9-19(24)11-20(25)10-18/h3-4,7-11,13,21H,1-2,5-6,14H2. The van der Waals surface area contributed by atoms with Crippen molar-refractivity contribution >= 4 is 23.0 Å². The number of nitrogens with zero attached hydrogens (tertiary/aromatic N) is 5. The molecular weight excluding hydrogens is 400 g/mol. The van der Waals surface area contributed by atoms with Gasteiger partial charge in [-0.1, -0.05) is 12.2 Å². The van der Waals surface area contributed by atoms with Gasteiger partial charge in [0.25, 0.3) is 0 Å². The Labute approximate surface area is 177 Å². The van der Waals surface area contributed by atoms with Gasteiger partial charge in [0.15, 0.2) is 0 Å². The van der Waals surface area contributed by atoms with Crippen LogP contribution in [-0.4, -0.2) is 26.9 Å². The van der Waals surface area contributed by atoms with Crippen molar-refractivity contribution in [1.82, 2.24) is 14.8 Å². The fourth-order valence-corrected chi connectivity index (χ4v) is 3.65. The van der Waals surface area contributed by atoms with Crippen molar-refractivity contribution in [3.63, 3.8) is 0 Å². The van der Waals surface area contributed by atoms with Crippen molar-refractivity contribution in [2.24, 2.45) is 5.10 Å². The summed E-state index contributed by atoms with van der Waals surface area (Å²) in [6, 6.07) is 10.2. The highest BCUT2D eigenvalue weighted by molar-refractivity contribution is 5.81. The first-order chi connectivity index (χ1) is 14.9. The number of hydrogen-bond donors (Lipinski definition) is 0. The fourth-order valence-electron chi connectivity index (χ4n) is 3.65. The van der Waals surface area contributed by atoms with Crippen molar-refractivity contribution in [3.8, 4) is 6.07 Å². The molecule has 4 rings (SSSR count). The Morgan fingerprint density at radius 1 is 1.19 bits per heavy atom. The summed E-state index contributed by atoms with van der Waals surface area (Å²) < 4.78 is 28.9. The number of aromatic nitrogens is 2. The second kappa shape index (κ2) is 8.48. The molecule has 0 spiro atoms. The molecule has 156 valence electrons. The molecule has 1 aromatic heterocycles. The first kappa shape index (κ1) is 20.4. The highest BCUT2D eigenvalue weighted by atomic mass is 19.1. The number of rotatable bonds is 6. The van der Waals surface area contributed by atoms with E-state index in [2.05, 4.69) is 22.8 Å². The van der Waals surface area contributed by atoms with Crippen molar-refractivity contribution in [2.45, 2.75) is 31.8 Å². The van der Waals surface area contributed by atoms with Crippen molar-refractivity contribution in [2.75, 3.05) is 0 Å². The van der Waals surface area contributed by atoms with E-state index in [-0.39, 0.29) is 12.3 Å². The van der Waals surface area contributed by atoms with Crippen LogP contribution in [0.1, 0.15) is 36.4 Å². The van der Waals surface area contributed by atoms with Gasteiger partial charge >= 0.3 is 0 Å². The maximum Gasteiger partial charge on any atom is 0.243 e. The largest absolute Gasteiger partial charge is 0.273 e. The molecule has 0 N–H and O–H groups in total. The summed E-state index contributed by atoms with van der Waals surface area (Å²) in [5, 5.41) is 19.7. The van der Waals surface area contributed by atoms with E-state index in [9.17, 15) is 13.6 Å². The minimum Gasteiger partial charge on any atom is -0.273 e. The van der Waals surface area contributed by atoms with Gasteiger partial charge in [0, 0.05) is 30.5 Å². The Hall–Kier alpha value is -3.86. The molecule has 6 nitrogen and oxygen atoms in total. The van der Waals surface area contributed by atoms with E-state index in [1.165, 1.54) is 17.1 Å². The quantitative estimate of drug-likeness (QED) is 0.553. The lowest BCUT2D eigenvalue weighted by atomic mass is 10.0. The van der Waals surface area contributed by atoms with Crippen molar-refractivity contribution in [3.05, 3.63) is 77.5 Å². The molecular formula is C23H19F2N5O. The molecule has 2 aromatic carbocycles. The molecule has 0 bridgehead atoms. The second-order valence-electron chi connectivity index (χ2n) is 7.43. The van der Waals surface area contributed by atoms with Gasteiger partial charge in [-0.05, 0) is 42.3 Å². The second-order valence-corrected chi connectivity index (χ2v) is 7.43. The molecule has 1 atom stereocenters. The number of carbonyl (C=O) groups excluding carboxylic acids is 1. The predicted octanol–water partition coefficient (Wildman–Crippen LogP) is 4.48. The number of benzene rings is 2. The molecule has 1 unspecified atom stereocenters. The molecule has 8 heteroatoms. The first-order valence-electron chi connectivity index (χ1n) is 9.77. The Morgan fingerprint density at radius 3 is 2.71 bits per heavy atom. The Morgan fingerprint density at radius 2 is 1.97 bits per heavy atom. The summed E-state index contributed by atoms with van der Waals surface area (Å²) in [6.07, 6.45) is 4.26. The van der Waals surface area contributed by atoms with Crippen LogP contribution in [-0.2, 0) is 11.3 Å². The van der Waals surface area contributed by atoms with Gasteiger partial charge in [0.2, 0.25) is 5.91 Å². The van der Waals surface area contributed by atoms with Crippen LogP contribution in [0.3, 0.4) is 0 Å². The Kier molecular flexibility index (Phi) is 5.58. The van der Waals surface area contributed by atoms with E-state index in [1.54, 1.807) is 29.2 Å². The van der Waals surface area contributed by atoms with E-state index in [0.29, 0.717) is 30.5 Å². The van der Waals surface area contributed by atoms with Crippen LogP contribution in [0.25, 0.3) is 10.9 Å². The molecule has 0 radical (unpaired) electrons. The zero-order chi connectivity index (χ0) is 22.0. The van der Waals surface area contributed by atoms with Crippen LogP contribution in [0.2, 0.25) is 0 Å². The average molecular weight is 419 g/mol. The molecule has 1 aliphatic rings. The summed E-state index contributed by atoms with van der Waals surface area (Å²) in [6.45, 7) is 4.45. The lowest BCUT2D eigenvalue weighted by Gasteiger charge is -2.22. The van der Waals surface area contributed by atoms with Crippen LogP contribution in [0, 0.1) is 23.0 Å². The van der Waals surface area contributed by atoms with Gasteiger partial charge in [0.05, 0.1) is 35.9 Å². The van der Waals surface area contributed by atoms with Crippen LogP contribution in [0.15, 0.2) is 59.8 Å². The molecule has 0 saturated carbocycles. The third-order valence-electron chi connectivity index (χ3n) is 5.19. The van der Waals surface area contributed by atoms with Crippen LogP contribution >= 0.6 is 0 Å². The SMILES string of the molecule is C=C(CCC(=O)N1N=CCC1c1cc(F)cc(F)c1)Cn1ncc2ccc(C#N)cc21. The van der Waals surface area contributed by atoms with Gasteiger partial charge in [-0.25, -0.2) is 13.8 Å². The third kappa shape index (κ3) is 4.36. The van der Waals surface area contributed by atoms with Crippen LogP contribution < -0.4 is 0 Å². The van der Waals surface area contributed by atoms with Crippen LogP contribution in [0.5, 0.6) is 0 Å². The summed E-state index contributed by atoms with van der Waals surface area (Å²) in [5.41, 5.74) is 2.53. The summed E-state index contributed by atoms with van der Waals surface area (Å²) >= 11 is 0. The van der Waals surface area contributed by atoms with E-state index in [1.807, 2.05) is 6.07 Å². The summed E-state index contributed by atoms with van der Waals surface area (Å²) in [7, 11) is 0. The maximum atomic E-state index is 13.6. The number of hydrogen-bond acceptors (Lipinski definition) is 4. The Bertz CT molecular complexity index is 1220. The number of fused-ring (bicyclic) bond motifs is 1. The molecule has 0 saturated heterocycles. The fraction of sp³-hybridized carbons (Fsp3) is 0.217. The topological polar surface area (TPSA) is 74.3 Å². The normalized spacial score (nSPS) is 15.4. The first-order valence-corrected chi connectivity index (χ1v) is 9.77. The minimum absolute atomic E-state index is 0.160. The Balaban J connectivity index is 1.40. The van der Waals surface area contributed by atoms with Gasteiger partial charge < -0.3 is 0 Å². The number of amides is 1. The molecule has 0 fully saturated rings. The molecule has 1 aliphatic heterocycles. The molecule has 2 heterocycles. The van der Waals surface area contributed by atoms with Gasteiger partial charge in [-0.2, -0.15) is 15.5 Å². The third-order valence-corrected chi connectivity index (χ3v) is 5.19. The molecule has 1 amide bonds. The molecule has 3 aromatic rings. The number of nitriles is 1. The van der Waals surface area contributed by atoms with Gasteiger partial charge in [-0.15, -0.1) is 0 Å². The summed E-state index contributed by atoms with van der Waals surface area (Å²) in [4.78, 5) is 12.7. The van der Waals surface area contributed by atoms with E-state index in [4.69, 9.17) is 5.26 Å². The van der Waals surface area contributed by atoms with E-state index in [0.717, 1.165) is 22.5 Å². The number of carbonyl (C=O) groups is 1. The number of hydrazone groups is 1. The number of halogens is 2. The zero-order valence-corrected chi connectivity index (χ0v) is 16.6. The minimum atomic E-state index is -0.686. The van der Waals surface area contributed by atoms with Crippen molar-refractivity contribution < 1.29 is 13.6 Å². The van der Waals surface area contributed by atoms with Crippen molar-refractivity contribution in [1.29, 1.82) is 5.26 Å². The maximum absolute atomic E-state index is 13.6. The number of allylic oxidation sites excluding steroid dienone is 1. The van der Waals surface area contributed by atoms with Crippen LogP contribution in [0.4, 0.5) is 8.78 Å². The zero-order valence-electron chi connectivity index (χ0n) is 16.6. The lowest BCUT2D eigenvalue weighted by molar-refractivity contribution is -0.133. The van der Waals surface area contributed by atoms with Gasteiger partial charge in [0.1, 0.15) is 11.6 Å². The van der Waals surface area contributed by atoms with Gasteiger partial charge in [-0.3, -0.25) is 9.48 Å². The molecule has 0 aliphatic carbocycles. The highest BCUT2D eigenvalue weighted by Crippen LogP contribution is 2.30. The molecule has 31 heavy (non-hydrogen) atoms. The smallest absolute Gasteiger partial charge is 0.243 e. The summed E-state index contributed by atoms with van der Waals surface area (Å²) in [5.74, 6) is -1.62. The monoisotopic (exact) mass is 419 g/mol. The van der Waals surface area contributed by atoms with E-state index < -0.39 is 17.7 Å². The van der Waals surface area contributed by atoms with E-state index >= 15 is 0 Å². The average Bonchev–Trinajstić information content (AvgIpc) is 3.38.